The van der Waals surface area contributed by atoms with Crippen molar-refractivity contribution in [2.45, 2.75) is 6.42 Å². The number of benzene rings is 3. The average molecular weight is 216 g/mol. The van der Waals surface area contributed by atoms with E-state index < -0.39 is 0 Å². The fraction of sp³-hybridized carbons (Fsp3) is 0.0588. The van der Waals surface area contributed by atoms with Gasteiger partial charge in [-0.1, -0.05) is 42.5 Å². The molecule has 0 radical (unpaired) electrons. The first kappa shape index (κ1) is 9.00. The van der Waals surface area contributed by atoms with E-state index in [-0.39, 0.29) is 0 Å². The van der Waals surface area contributed by atoms with Crippen LogP contribution in [-0.2, 0) is 6.42 Å². The molecule has 0 heteroatoms. The molecule has 0 saturated carbocycles. The third-order valence-corrected chi connectivity index (χ3v) is 3.60. The average Bonchev–Trinajstić information content (AvgIpc) is 2.80. The minimum Gasteiger partial charge on any atom is -0.0795 e. The highest BCUT2D eigenvalue weighted by molar-refractivity contribution is 5.99. The molecule has 0 nitrogen and oxygen atoms in total. The van der Waals surface area contributed by atoms with Gasteiger partial charge in [0.15, 0.2) is 0 Å². The zero-order valence-corrected chi connectivity index (χ0v) is 9.48. The standard InChI is InChI=1S/C17H12/c1-2-5-13-9-17-11-15-7-3-6-14(15)10-16(17)8-12(13)4-1/h1-6,8-11H,7H2. The summed E-state index contributed by atoms with van der Waals surface area (Å²) < 4.78 is 0. The summed E-state index contributed by atoms with van der Waals surface area (Å²) in [5.74, 6) is 0. The lowest BCUT2D eigenvalue weighted by atomic mass is 9.99. The van der Waals surface area contributed by atoms with E-state index >= 15 is 0 Å². The molecule has 1 aliphatic rings. The minimum atomic E-state index is 1.08. The Hall–Kier alpha value is -2.08. The Morgan fingerprint density at radius 3 is 2.18 bits per heavy atom. The van der Waals surface area contributed by atoms with Gasteiger partial charge in [0.2, 0.25) is 0 Å². The first-order valence-corrected chi connectivity index (χ1v) is 6.02. The van der Waals surface area contributed by atoms with Gasteiger partial charge >= 0.3 is 0 Å². The Morgan fingerprint density at radius 1 is 0.706 bits per heavy atom. The van der Waals surface area contributed by atoms with E-state index in [4.69, 9.17) is 0 Å². The van der Waals surface area contributed by atoms with Gasteiger partial charge in [0.25, 0.3) is 0 Å². The molecule has 0 atom stereocenters. The van der Waals surface area contributed by atoms with Crippen molar-refractivity contribution in [3.05, 3.63) is 65.7 Å². The Morgan fingerprint density at radius 2 is 1.41 bits per heavy atom. The molecule has 0 aromatic heterocycles. The van der Waals surface area contributed by atoms with Crippen LogP contribution in [0.2, 0.25) is 0 Å². The first-order valence-electron chi connectivity index (χ1n) is 6.02. The largest absolute Gasteiger partial charge is 0.0795 e. The SMILES string of the molecule is C1=Cc2cc3cc4ccccc4cc3cc2C1. The molecular weight excluding hydrogens is 204 g/mol. The van der Waals surface area contributed by atoms with Crippen LogP contribution in [0.4, 0.5) is 0 Å². The quantitative estimate of drug-likeness (QED) is 0.483. The second-order valence-corrected chi connectivity index (χ2v) is 4.70. The Kier molecular flexibility index (Phi) is 1.70. The predicted octanol–water partition coefficient (Wildman–Crippen LogP) is 4.56. The van der Waals surface area contributed by atoms with Crippen molar-refractivity contribution in [3.63, 3.8) is 0 Å². The van der Waals surface area contributed by atoms with Gasteiger partial charge in [-0.25, -0.2) is 0 Å². The number of hydrogen-bond acceptors (Lipinski definition) is 0. The highest BCUT2D eigenvalue weighted by atomic mass is 14.1. The summed E-state index contributed by atoms with van der Waals surface area (Å²) in [5.41, 5.74) is 2.83. The van der Waals surface area contributed by atoms with Crippen molar-refractivity contribution in [1.82, 2.24) is 0 Å². The topological polar surface area (TPSA) is 0 Å². The number of rotatable bonds is 0. The van der Waals surface area contributed by atoms with Gasteiger partial charge < -0.3 is 0 Å². The summed E-state index contributed by atoms with van der Waals surface area (Å²) in [6.07, 6.45) is 5.55. The normalized spacial score (nSPS) is 13.4. The highest BCUT2D eigenvalue weighted by Gasteiger charge is 2.07. The molecule has 80 valence electrons. The summed E-state index contributed by atoms with van der Waals surface area (Å²) in [7, 11) is 0. The zero-order valence-electron chi connectivity index (χ0n) is 9.48. The fourth-order valence-electron chi connectivity index (χ4n) is 2.70. The highest BCUT2D eigenvalue weighted by Crippen LogP contribution is 2.29. The van der Waals surface area contributed by atoms with Gasteiger partial charge in [-0.2, -0.15) is 0 Å². The molecule has 0 N–H and O–H groups in total. The van der Waals surface area contributed by atoms with Gasteiger partial charge in [0.1, 0.15) is 0 Å². The second kappa shape index (κ2) is 3.21. The lowest BCUT2D eigenvalue weighted by Gasteiger charge is -2.05. The lowest BCUT2D eigenvalue weighted by molar-refractivity contribution is 1.32. The molecular formula is C17H12. The van der Waals surface area contributed by atoms with Crippen molar-refractivity contribution in [3.8, 4) is 0 Å². The van der Waals surface area contributed by atoms with Crippen molar-refractivity contribution >= 4 is 27.6 Å². The van der Waals surface area contributed by atoms with Crippen molar-refractivity contribution < 1.29 is 0 Å². The predicted molar refractivity (Wildman–Crippen MR) is 74.2 cm³/mol. The maximum Gasteiger partial charge on any atom is -0.00880 e. The van der Waals surface area contributed by atoms with Crippen molar-refractivity contribution in [2.24, 2.45) is 0 Å². The molecule has 3 aromatic carbocycles. The Balaban J connectivity index is 2.14. The molecule has 0 aliphatic heterocycles. The molecule has 0 fully saturated rings. The van der Waals surface area contributed by atoms with Crippen molar-refractivity contribution in [1.29, 1.82) is 0 Å². The molecule has 0 unspecified atom stereocenters. The maximum atomic E-state index is 2.33. The van der Waals surface area contributed by atoms with E-state index in [1.807, 2.05) is 0 Å². The monoisotopic (exact) mass is 216 g/mol. The first-order chi connectivity index (χ1) is 8.40. The maximum absolute atomic E-state index is 2.33. The van der Waals surface area contributed by atoms with Crippen LogP contribution in [0, 0.1) is 0 Å². The summed E-state index contributed by atoms with van der Waals surface area (Å²) in [6, 6.07) is 17.8. The van der Waals surface area contributed by atoms with Crippen LogP contribution in [-0.4, -0.2) is 0 Å². The summed E-state index contributed by atoms with van der Waals surface area (Å²) in [4.78, 5) is 0. The minimum absolute atomic E-state index is 1.08. The van der Waals surface area contributed by atoms with E-state index in [1.54, 1.807) is 0 Å². The molecule has 1 aliphatic carbocycles. The van der Waals surface area contributed by atoms with Crippen LogP contribution in [0.15, 0.2) is 54.6 Å². The van der Waals surface area contributed by atoms with E-state index in [9.17, 15) is 0 Å². The van der Waals surface area contributed by atoms with E-state index in [1.165, 1.54) is 32.7 Å². The summed E-state index contributed by atoms with van der Waals surface area (Å²) in [6.45, 7) is 0. The smallest absolute Gasteiger partial charge is 0.00880 e. The molecule has 0 spiro atoms. The van der Waals surface area contributed by atoms with Crippen LogP contribution >= 0.6 is 0 Å². The molecule has 0 heterocycles. The van der Waals surface area contributed by atoms with Gasteiger partial charge in [0, 0.05) is 0 Å². The number of fused-ring (bicyclic) bond motifs is 3. The molecule has 0 bridgehead atoms. The van der Waals surface area contributed by atoms with Crippen molar-refractivity contribution in [2.75, 3.05) is 0 Å². The van der Waals surface area contributed by atoms with Crippen LogP contribution in [0.3, 0.4) is 0 Å². The lowest BCUT2D eigenvalue weighted by Crippen LogP contribution is -1.83. The molecule has 4 rings (SSSR count). The molecule has 0 amide bonds. The summed E-state index contributed by atoms with van der Waals surface area (Å²) in [5, 5.41) is 5.34. The van der Waals surface area contributed by atoms with Crippen LogP contribution in [0.5, 0.6) is 0 Å². The third-order valence-electron chi connectivity index (χ3n) is 3.60. The van der Waals surface area contributed by atoms with Gasteiger partial charge in [0.05, 0.1) is 0 Å². The van der Waals surface area contributed by atoms with E-state index in [0.29, 0.717) is 0 Å². The molecule has 17 heavy (non-hydrogen) atoms. The second-order valence-electron chi connectivity index (χ2n) is 4.70. The third kappa shape index (κ3) is 1.31. The van der Waals surface area contributed by atoms with Crippen LogP contribution in [0.25, 0.3) is 27.6 Å². The number of allylic oxidation sites excluding steroid dienone is 1. The molecule has 0 saturated heterocycles. The van der Waals surface area contributed by atoms with Gasteiger partial charge in [-0.05, 0) is 57.3 Å². The molecule has 3 aromatic rings. The number of hydrogen-bond donors (Lipinski definition) is 0. The fourth-order valence-corrected chi connectivity index (χ4v) is 2.70. The van der Waals surface area contributed by atoms with Gasteiger partial charge in [-0.3, -0.25) is 0 Å². The van der Waals surface area contributed by atoms with Crippen LogP contribution in [0.1, 0.15) is 11.1 Å². The zero-order chi connectivity index (χ0) is 11.2. The summed E-state index contributed by atoms with van der Waals surface area (Å²) >= 11 is 0. The Bertz CT molecular complexity index is 763. The Labute approximate surface area is 100 Å². The van der Waals surface area contributed by atoms with E-state index in [2.05, 4.69) is 60.7 Å². The van der Waals surface area contributed by atoms with E-state index in [0.717, 1.165) is 6.42 Å². The van der Waals surface area contributed by atoms with Gasteiger partial charge in [-0.15, -0.1) is 0 Å². The van der Waals surface area contributed by atoms with Crippen LogP contribution < -0.4 is 0 Å².